The van der Waals surface area contributed by atoms with E-state index in [0.717, 1.165) is 24.2 Å². The van der Waals surface area contributed by atoms with Gasteiger partial charge in [0.1, 0.15) is 0 Å². The molecule has 112 valence electrons. The molecule has 1 aromatic carbocycles. The summed E-state index contributed by atoms with van der Waals surface area (Å²) in [6.07, 6.45) is 5.05. The van der Waals surface area contributed by atoms with E-state index < -0.39 is 0 Å². The van der Waals surface area contributed by atoms with Crippen LogP contribution in [-0.2, 0) is 11.3 Å². The zero-order valence-corrected chi connectivity index (χ0v) is 12.3. The Kier molecular flexibility index (Phi) is 5.37. The average Bonchev–Trinajstić information content (AvgIpc) is 2.97. The lowest BCUT2D eigenvalue weighted by Crippen LogP contribution is -2.26. The van der Waals surface area contributed by atoms with Crippen LogP contribution in [0.1, 0.15) is 31.2 Å². The molecule has 0 bridgehead atoms. The topological polar surface area (TPSA) is 72.9 Å². The lowest BCUT2D eigenvalue weighted by molar-refractivity contribution is -0.121. The summed E-state index contributed by atoms with van der Waals surface area (Å²) in [7, 11) is 0. The van der Waals surface area contributed by atoms with E-state index in [-0.39, 0.29) is 11.8 Å². The first-order chi connectivity index (χ1) is 10.1. The third kappa shape index (κ3) is 4.95. The first-order valence-electron chi connectivity index (χ1n) is 7.24. The van der Waals surface area contributed by atoms with Crippen LogP contribution in [0.15, 0.2) is 42.7 Å². The van der Waals surface area contributed by atoms with Crippen molar-refractivity contribution in [2.24, 2.45) is 0 Å². The van der Waals surface area contributed by atoms with Crippen molar-refractivity contribution in [3.8, 4) is 0 Å². The molecule has 0 aliphatic carbocycles. The van der Waals surface area contributed by atoms with Crippen LogP contribution in [0.5, 0.6) is 0 Å². The van der Waals surface area contributed by atoms with E-state index in [0.29, 0.717) is 13.0 Å². The van der Waals surface area contributed by atoms with E-state index >= 15 is 0 Å². The summed E-state index contributed by atoms with van der Waals surface area (Å²) >= 11 is 0. The summed E-state index contributed by atoms with van der Waals surface area (Å²) in [4.78, 5) is 11.9. The van der Waals surface area contributed by atoms with Gasteiger partial charge in [-0.1, -0.05) is 19.1 Å². The van der Waals surface area contributed by atoms with Crippen LogP contribution in [0, 0.1) is 0 Å². The highest BCUT2D eigenvalue weighted by molar-refractivity contribution is 5.76. The Labute approximate surface area is 125 Å². The van der Waals surface area contributed by atoms with Crippen molar-refractivity contribution in [1.29, 1.82) is 0 Å². The molecule has 2 rings (SSSR count). The highest BCUT2D eigenvalue weighted by Crippen LogP contribution is 2.19. The Morgan fingerprint density at radius 1 is 1.38 bits per heavy atom. The van der Waals surface area contributed by atoms with E-state index in [2.05, 4.69) is 17.3 Å². The Balaban J connectivity index is 1.67. The molecule has 21 heavy (non-hydrogen) atoms. The number of hydrogen-bond donors (Lipinski definition) is 2. The van der Waals surface area contributed by atoms with Crippen LogP contribution in [0.2, 0.25) is 0 Å². The number of nitrogens with one attached hydrogen (secondary N) is 1. The first kappa shape index (κ1) is 15.1. The highest BCUT2D eigenvalue weighted by atomic mass is 16.1. The molecule has 3 N–H and O–H groups in total. The fourth-order valence-electron chi connectivity index (χ4n) is 2.19. The van der Waals surface area contributed by atoms with Gasteiger partial charge < -0.3 is 11.1 Å². The van der Waals surface area contributed by atoms with Gasteiger partial charge in [0.05, 0.1) is 0 Å². The minimum absolute atomic E-state index is 0.0831. The Hall–Kier alpha value is -2.30. The van der Waals surface area contributed by atoms with Gasteiger partial charge in [0, 0.05) is 37.6 Å². The van der Waals surface area contributed by atoms with Crippen molar-refractivity contribution in [3.05, 3.63) is 48.3 Å². The maximum Gasteiger partial charge on any atom is 0.220 e. The van der Waals surface area contributed by atoms with E-state index in [1.54, 1.807) is 6.20 Å². The number of nitrogens with zero attached hydrogens (tertiary/aromatic N) is 2. The number of anilines is 1. The third-order valence-corrected chi connectivity index (χ3v) is 3.44. The van der Waals surface area contributed by atoms with Gasteiger partial charge in [-0.15, -0.1) is 0 Å². The van der Waals surface area contributed by atoms with Crippen molar-refractivity contribution >= 4 is 11.6 Å². The molecule has 1 atom stereocenters. The molecule has 1 unspecified atom stereocenters. The number of nitrogen functional groups attached to an aromatic ring is 1. The number of aryl methyl sites for hydroxylation is 1. The van der Waals surface area contributed by atoms with Crippen molar-refractivity contribution in [1.82, 2.24) is 15.1 Å². The van der Waals surface area contributed by atoms with Gasteiger partial charge in [0.15, 0.2) is 0 Å². The van der Waals surface area contributed by atoms with E-state index in [4.69, 9.17) is 5.73 Å². The van der Waals surface area contributed by atoms with Crippen molar-refractivity contribution < 1.29 is 4.79 Å². The lowest BCUT2D eigenvalue weighted by atomic mass is 9.97. The quantitative estimate of drug-likeness (QED) is 0.605. The van der Waals surface area contributed by atoms with E-state index in [1.165, 1.54) is 0 Å². The predicted octanol–water partition coefficient (Wildman–Crippen LogP) is 2.17. The van der Waals surface area contributed by atoms with Crippen molar-refractivity contribution in [2.45, 2.75) is 32.2 Å². The van der Waals surface area contributed by atoms with Gasteiger partial charge in [-0.3, -0.25) is 9.48 Å². The monoisotopic (exact) mass is 286 g/mol. The number of carbonyl (C=O) groups is 1. The largest absolute Gasteiger partial charge is 0.399 e. The zero-order chi connectivity index (χ0) is 15.1. The second-order valence-electron chi connectivity index (χ2n) is 5.24. The SMILES string of the molecule is CC(CC(=O)NCCCn1cccn1)c1ccc(N)cc1. The Morgan fingerprint density at radius 2 is 2.14 bits per heavy atom. The van der Waals surface area contributed by atoms with Crippen LogP contribution in [-0.4, -0.2) is 22.2 Å². The fourth-order valence-corrected chi connectivity index (χ4v) is 2.19. The molecule has 0 aliphatic rings. The van der Waals surface area contributed by atoms with Gasteiger partial charge in [-0.05, 0) is 36.1 Å². The number of amides is 1. The maximum atomic E-state index is 11.9. The van der Waals surface area contributed by atoms with Crippen LogP contribution in [0.3, 0.4) is 0 Å². The van der Waals surface area contributed by atoms with Gasteiger partial charge >= 0.3 is 0 Å². The number of nitrogens with two attached hydrogens (primary N) is 1. The number of benzene rings is 1. The van der Waals surface area contributed by atoms with Gasteiger partial charge in [0.25, 0.3) is 0 Å². The Morgan fingerprint density at radius 3 is 2.81 bits per heavy atom. The molecule has 0 fully saturated rings. The summed E-state index contributed by atoms with van der Waals surface area (Å²) in [5.41, 5.74) is 7.54. The number of hydrogen-bond acceptors (Lipinski definition) is 3. The molecule has 0 spiro atoms. The lowest BCUT2D eigenvalue weighted by Gasteiger charge is -2.12. The third-order valence-electron chi connectivity index (χ3n) is 3.44. The predicted molar refractivity (Wildman–Crippen MR) is 83.7 cm³/mol. The minimum Gasteiger partial charge on any atom is -0.399 e. The second kappa shape index (κ2) is 7.47. The average molecular weight is 286 g/mol. The number of carbonyl (C=O) groups excluding carboxylic acids is 1. The molecule has 5 nitrogen and oxygen atoms in total. The van der Waals surface area contributed by atoms with Gasteiger partial charge in [-0.2, -0.15) is 5.10 Å². The molecule has 0 radical (unpaired) electrons. The molecule has 2 aromatic rings. The normalized spacial score (nSPS) is 12.0. The summed E-state index contributed by atoms with van der Waals surface area (Å²) in [5, 5.41) is 7.07. The molecule has 0 saturated heterocycles. The van der Waals surface area contributed by atoms with E-state index in [9.17, 15) is 4.79 Å². The second-order valence-corrected chi connectivity index (χ2v) is 5.24. The summed E-state index contributed by atoms with van der Waals surface area (Å²) in [6.45, 7) is 3.54. The molecular formula is C16H22N4O. The van der Waals surface area contributed by atoms with Crippen molar-refractivity contribution in [2.75, 3.05) is 12.3 Å². The minimum atomic E-state index is 0.0831. The van der Waals surface area contributed by atoms with Gasteiger partial charge in [0.2, 0.25) is 5.91 Å². The molecule has 0 aliphatic heterocycles. The Bertz CT molecular complexity index is 548. The van der Waals surface area contributed by atoms with Crippen LogP contribution < -0.4 is 11.1 Å². The fraction of sp³-hybridized carbons (Fsp3) is 0.375. The molecule has 0 saturated carbocycles. The number of aromatic nitrogens is 2. The number of rotatable bonds is 7. The molecule has 1 amide bonds. The summed E-state index contributed by atoms with van der Waals surface area (Å²) < 4.78 is 1.86. The smallest absolute Gasteiger partial charge is 0.220 e. The van der Waals surface area contributed by atoms with Gasteiger partial charge in [-0.25, -0.2) is 0 Å². The maximum absolute atomic E-state index is 11.9. The first-order valence-corrected chi connectivity index (χ1v) is 7.24. The van der Waals surface area contributed by atoms with Crippen LogP contribution in [0.4, 0.5) is 5.69 Å². The summed E-state index contributed by atoms with van der Waals surface area (Å²) in [6, 6.07) is 9.59. The molecule has 5 heteroatoms. The van der Waals surface area contributed by atoms with Crippen LogP contribution in [0.25, 0.3) is 0 Å². The standard InChI is InChI=1S/C16H22N4O/c1-13(14-4-6-15(17)7-5-14)12-16(21)18-8-2-10-20-11-3-9-19-20/h3-7,9,11,13H,2,8,10,12,17H2,1H3,(H,18,21). The van der Waals surface area contributed by atoms with E-state index in [1.807, 2.05) is 41.2 Å². The van der Waals surface area contributed by atoms with Crippen molar-refractivity contribution in [3.63, 3.8) is 0 Å². The molecule has 1 aromatic heterocycles. The zero-order valence-electron chi connectivity index (χ0n) is 12.3. The molecular weight excluding hydrogens is 264 g/mol. The molecule has 1 heterocycles. The highest BCUT2D eigenvalue weighted by Gasteiger charge is 2.10. The summed E-state index contributed by atoms with van der Waals surface area (Å²) in [5.74, 6) is 0.275. The van der Waals surface area contributed by atoms with Crippen LogP contribution >= 0.6 is 0 Å².